The Bertz CT molecular complexity index is 1100. The predicted octanol–water partition coefficient (Wildman–Crippen LogP) is 6.47. The molecule has 0 saturated carbocycles. The lowest BCUT2D eigenvalue weighted by Gasteiger charge is -2.14. The highest BCUT2D eigenvalue weighted by molar-refractivity contribution is 9.11. The summed E-state index contributed by atoms with van der Waals surface area (Å²) in [5.74, 6) is 0. The summed E-state index contributed by atoms with van der Waals surface area (Å²) >= 11 is 3.73. The van der Waals surface area contributed by atoms with Gasteiger partial charge in [-0.2, -0.15) is 0 Å². The molecule has 0 atom stereocenters. The second-order valence-corrected chi connectivity index (χ2v) is 7.32. The first kappa shape index (κ1) is 14.1. The van der Waals surface area contributed by atoms with Crippen LogP contribution in [0, 0.1) is 0 Å². The maximum absolute atomic E-state index is 3.73. The van der Waals surface area contributed by atoms with Crippen LogP contribution < -0.4 is 0 Å². The highest BCUT2D eigenvalue weighted by Gasteiger charge is 2.21. The van der Waals surface area contributed by atoms with Gasteiger partial charge in [0.25, 0.3) is 0 Å². The van der Waals surface area contributed by atoms with E-state index in [2.05, 4.69) is 93.3 Å². The van der Waals surface area contributed by atoms with Crippen LogP contribution in [0.25, 0.3) is 33.4 Å². The van der Waals surface area contributed by atoms with E-state index in [0.717, 1.165) is 12.8 Å². The second kappa shape index (κ2) is 5.35. The third-order valence-corrected chi connectivity index (χ3v) is 5.54. The van der Waals surface area contributed by atoms with E-state index >= 15 is 0 Å². The number of aromatic nitrogens is 1. The normalized spacial score (nSPS) is 14.0. The van der Waals surface area contributed by atoms with Crippen molar-refractivity contribution in [1.82, 2.24) is 4.57 Å². The maximum atomic E-state index is 3.73. The molecule has 1 nitrogen and oxygen atoms in total. The van der Waals surface area contributed by atoms with E-state index in [4.69, 9.17) is 0 Å². The van der Waals surface area contributed by atoms with Gasteiger partial charge in [0.2, 0.25) is 0 Å². The number of allylic oxidation sites excluding steroid dienone is 1. The number of para-hydroxylation sites is 1. The molecule has 3 aromatic carbocycles. The molecule has 24 heavy (non-hydrogen) atoms. The van der Waals surface area contributed by atoms with E-state index in [1.807, 2.05) is 0 Å². The minimum Gasteiger partial charge on any atom is -0.313 e. The van der Waals surface area contributed by atoms with Crippen molar-refractivity contribution in [2.75, 3.05) is 0 Å². The molecule has 1 aliphatic carbocycles. The molecule has 0 spiro atoms. The van der Waals surface area contributed by atoms with Crippen molar-refractivity contribution in [2.24, 2.45) is 0 Å². The third-order valence-electron chi connectivity index (χ3n) is 4.91. The Morgan fingerprint density at radius 1 is 0.792 bits per heavy atom. The largest absolute Gasteiger partial charge is 0.313 e. The molecule has 0 saturated heterocycles. The lowest BCUT2D eigenvalue weighted by molar-refractivity contribution is 0.883. The Morgan fingerprint density at radius 2 is 1.58 bits per heavy atom. The highest BCUT2D eigenvalue weighted by Crippen LogP contribution is 2.40. The standard InChI is InChI=1S/C22H16BrN/c23-16-11-13-20-19(14-16)22-18-9-5-4-6-15(18)10-12-21(22)24(20)17-7-2-1-3-8-17/h1-10,12,14H,11,13H2. The number of rotatable bonds is 1. The number of halogens is 1. The van der Waals surface area contributed by atoms with Gasteiger partial charge >= 0.3 is 0 Å². The van der Waals surface area contributed by atoms with E-state index in [1.165, 1.54) is 43.1 Å². The first-order valence-electron chi connectivity index (χ1n) is 8.29. The number of fused-ring (bicyclic) bond motifs is 5. The summed E-state index contributed by atoms with van der Waals surface area (Å²) in [5, 5.41) is 4.00. The monoisotopic (exact) mass is 373 g/mol. The fourth-order valence-electron chi connectivity index (χ4n) is 3.88. The van der Waals surface area contributed by atoms with Crippen LogP contribution in [0.4, 0.5) is 0 Å². The summed E-state index contributed by atoms with van der Waals surface area (Å²) in [4.78, 5) is 0. The Labute approximate surface area is 149 Å². The lowest BCUT2D eigenvalue weighted by Crippen LogP contribution is -2.03. The summed E-state index contributed by atoms with van der Waals surface area (Å²) in [5.41, 5.74) is 5.31. The van der Waals surface area contributed by atoms with Gasteiger partial charge in [0.15, 0.2) is 0 Å². The van der Waals surface area contributed by atoms with Gasteiger partial charge in [0.05, 0.1) is 5.52 Å². The zero-order valence-corrected chi connectivity index (χ0v) is 14.8. The molecule has 1 heterocycles. The average Bonchev–Trinajstić information content (AvgIpc) is 2.96. The molecule has 0 radical (unpaired) electrons. The minimum atomic E-state index is 1.06. The zero-order valence-electron chi connectivity index (χ0n) is 13.2. The molecule has 116 valence electrons. The number of nitrogens with zero attached hydrogens (tertiary/aromatic N) is 1. The molecule has 1 aromatic heterocycles. The first-order valence-corrected chi connectivity index (χ1v) is 9.09. The minimum absolute atomic E-state index is 1.06. The SMILES string of the molecule is BrC1=Cc2c(n(-c3ccccc3)c3ccc4ccccc4c23)CC1. The van der Waals surface area contributed by atoms with Gasteiger partial charge in [-0.3, -0.25) is 0 Å². The van der Waals surface area contributed by atoms with Crippen LogP contribution in [0.5, 0.6) is 0 Å². The molecule has 4 aromatic rings. The van der Waals surface area contributed by atoms with Gasteiger partial charge in [-0.05, 0) is 52.4 Å². The van der Waals surface area contributed by atoms with Crippen LogP contribution in [-0.2, 0) is 6.42 Å². The first-order chi connectivity index (χ1) is 11.8. The van der Waals surface area contributed by atoms with Crippen molar-refractivity contribution in [2.45, 2.75) is 12.8 Å². The topological polar surface area (TPSA) is 4.93 Å². The summed E-state index contributed by atoms with van der Waals surface area (Å²) in [6, 6.07) is 23.9. The van der Waals surface area contributed by atoms with Gasteiger partial charge in [-0.25, -0.2) is 0 Å². The van der Waals surface area contributed by atoms with Crippen LogP contribution in [0.1, 0.15) is 17.7 Å². The van der Waals surface area contributed by atoms with Crippen molar-refractivity contribution in [3.8, 4) is 5.69 Å². The second-order valence-electron chi connectivity index (χ2n) is 6.30. The molecule has 0 aliphatic heterocycles. The van der Waals surface area contributed by atoms with Gasteiger partial charge in [-0.15, -0.1) is 0 Å². The van der Waals surface area contributed by atoms with E-state index in [9.17, 15) is 0 Å². The third kappa shape index (κ3) is 1.99. The highest BCUT2D eigenvalue weighted by atomic mass is 79.9. The summed E-state index contributed by atoms with van der Waals surface area (Å²) in [6.07, 6.45) is 4.44. The van der Waals surface area contributed by atoms with Crippen molar-refractivity contribution >= 4 is 43.7 Å². The van der Waals surface area contributed by atoms with Crippen LogP contribution >= 0.6 is 15.9 Å². The predicted molar refractivity (Wildman–Crippen MR) is 106 cm³/mol. The summed E-state index contributed by atoms with van der Waals surface area (Å²) in [6.45, 7) is 0. The van der Waals surface area contributed by atoms with Crippen molar-refractivity contribution in [3.63, 3.8) is 0 Å². The van der Waals surface area contributed by atoms with Gasteiger partial charge in [0.1, 0.15) is 0 Å². The summed E-state index contributed by atoms with van der Waals surface area (Å²) < 4.78 is 3.72. The number of hydrogen-bond donors (Lipinski definition) is 0. The van der Waals surface area contributed by atoms with Crippen LogP contribution in [0.3, 0.4) is 0 Å². The van der Waals surface area contributed by atoms with Gasteiger partial charge in [0, 0.05) is 22.3 Å². The van der Waals surface area contributed by atoms with E-state index < -0.39 is 0 Å². The average molecular weight is 374 g/mol. The number of benzene rings is 3. The van der Waals surface area contributed by atoms with E-state index in [0.29, 0.717) is 0 Å². The quantitative estimate of drug-likeness (QED) is 0.360. The molecule has 1 aliphatic rings. The van der Waals surface area contributed by atoms with Crippen LogP contribution in [-0.4, -0.2) is 4.57 Å². The van der Waals surface area contributed by atoms with Gasteiger partial charge in [-0.1, -0.05) is 64.5 Å². The van der Waals surface area contributed by atoms with Crippen LogP contribution in [0.2, 0.25) is 0 Å². The zero-order chi connectivity index (χ0) is 16.1. The number of hydrogen-bond acceptors (Lipinski definition) is 0. The maximum Gasteiger partial charge on any atom is 0.0544 e. The van der Waals surface area contributed by atoms with Gasteiger partial charge < -0.3 is 4.57 Å². The van der Waals surface area contributed by atoms with E-state index in [1.54, 1.807) is 0 Å². The Balaban J connectivity index is 1.99. The molecular formula is C22H16BrN. The van der Waals surface area contributed by atoms with Crippen molar-refractivity contribution < 1.29 is 0 Å². The van der Waals surface area contributed by atoms with Crippen LogP contribution in [0.15, 0.2) is 71.2 Å². The Morgan fingerprint density at radius 3 is 2.46 bits per heavy atom. The van der Waals surface area contributed by atoms with Crippen molar-refractivity contribution in [3.05, 3.63) is 82.5 Å². The molecule has 5 rings (SSSR count). The fraction of sp³-hybridized carbons (Fsp3) is 0.0909. The molecule has 0 N–H and O–H groups in total. The molecule has 0 amide bonds. The lowest BCUT2D eigenvalue weighted by atomic mass is 9.98. The molecule has 0 fully saturated rings. The molecule has 0 bridgehead atoms. The Kier molecular flexibility index (Phi) is 3.14. The summed E-state index contributed by atoms with van der Waals surface area (Å²) in [7, 11) is 0. The van der Waals surface area contributed by atoms with E-state index in [-0.39, 0.29) is 0 Å². The Hall–Kier alpha value is -2.32. The molecule has 0 unspecified atom stereocenters. The fourth-order valence-corrected chi connectivity index (χ4v) is 4.31. The molecule has 2 heteroatoms. The van der Waals surface area contributed by atoms with Crippen molar-refractivity contribution in [1.29, 1.82) is 0 Å². The smallest absolute Gasteiger partial charge is 0.0544 e. The molecular weight excluding hydrogens is 358 g/mol.